The van der Waals surface area contributed by atoms with E-state index in [1.807, 2.05) is 35.2 Å². The summed E-state index contributed by atoms with van der Waals surface area (Å²) in [5.41, 5.74) is 1.68. The molecule has 7 nitrogen and oxygen atoms in total. The summed E-state index contributed by atoms with van der Waals surface area (Å²) in [6.07, 6.45) is 2.34. The molecule has 2 aromatic carbocycles. The minimum atomic E-state index is -3.66. The van der Waals surface area contributed by atoms with Gasteiger partial charge in [-0.05, 0) is 49.1 Å². The number of rotatable bonds is 7. The summed E-state index contributed by atoms with van der Waals surface area (Å²) in [6.45, 7) is 2.48. The number of carbonyl (C=O) groups excluding carboxylic acids is 2. The molecule has 0 spiro atoms. The maximum absolute atomic E-state index is 12.6. The quantitative estimate of drug-likeness (QED) is 0.707. The van der Waals surface area contributed by atoms with Gasteiger partial charge in [0.15, 0.2) is 0 Å². The molecule has 160 valence electrons. The average molecular weight is 430 g/mol. The second-order valence-electron chi connectivity index (χ2n) is 7.47. The zero-order valence-electron chi connectivity index (χ0n) is 17.0. The van der Waals surface area contributed by atoms with Gasteiger partial charge in [-0.3, -0.25) is 9.59 Å². The number of anilines is 1. The van der Waals surface area contributed by atoms with Gasteiger partial charge in [-0.15, -0.1) is 0 Å². The summed E-state index contributed by atoms with van der Waals surface area (Å²) in [4.78, 5) is 25.5. The van der Waals surface area contributed by atoms with Gasteiger partial charge in [0.2, 0.25) is 21.8 Å². The molecule has 2 N–H and O–H groups in total. The second-order valence-corrected chi connectivity index (χ2v) is 9.18. The van der Waals surface area contributed by atoms with E-state index in [0.717, 1.165) is 5.56 Å². The Morgan fingerprint density at radius 2 is 1.63 bits per heavy atom. The van der Waals surface area contributed by atoms with Crippen LogP contribution < -0.4 is 10.0 Å². The van der Waals surface area contributed by atoms with Crippen LogP contribution in [0.5, 0.6) is 0 Å². The molecule has 2 aromatic rings. The number of hydrogen-bond acceptors (Lipinski definition) is 4. The minimum absolute atomic E-state index is 0.105. The zero-order valence-corrected chi connectivity index (χ0v) is 17.8. The number of hydrogen-bond donors (Lipinski definition) is 2. The van der Waals surface area contributed by atoms with Gasteiger partial charge in [0, 0.05) is 38.2 Å². The Kier molecular flexibility index (Phi) is 7.23. The summed E-state index contributed by atoms with van der Waals surface area (Å²) >= 11 is 0. The Hall–Kier alpha value is -2.71. The summed E-state index contributed by atoms with van der Waals surface area (Å²) in [5, 5.41) is 2.61. The fourth-order valence-electron chi connectivity index (χ4n) is 3.51. The molecule has 0 saturated carbocycles. The lowest BCUT2D eigenvalue weighted by Crippen LogP contribution is -2.46. The van der Waals surface area contributed by atoms with Gasteiger partial charge in [0.25, 0.3) is 0 Å². The van der Waals surface area contributed by atoms with Crippen molar-refractivity contribution in [2.24, 2.45) is 0 Å². The molecule has 0 unspecified atom stereocenters. The van der Waals surface area contributed by atoms with Crippen molar-refractivity contribution in [2.75, 3.05) is 18.4 Å². The van der Waals surface area contributed by atoms with Crippen LogP contribution in [-0.2, 0) is 26.0 Å². The number of aryl methyl sites for hydroxylation is 1. The topological polar surface area (TPSA) is 95.6 Å². The lowest BCUT2D eigenvalue weighted by molar-refractivity contribution is -0.132. The van der Waals surface area contributed by atoms with Crippen LogP contribution in [0.25, 0.3) is 0 Å². The lowest BCUT2D eigenvalue weighted by atomic mass is 10.0. The van der Waals surface area contributed by atoms with Crippen LogP contribution >= 0.6 is 0 Å². The molecule has 0 aliphatic carbocycles. The van der Waals surface area contributed by atoms with E-state index in [-0.39, 0.29) is 22.8 Å². The maximum atomic E-state index is 12.6. The third kappa shape index (κ3) is 6.14. The van der Waals surface area contributed by atoms with Crippen LogP contribution in [0.15, 0.2) is 59.5 Å². The fourth-order valence-corrected chi connectivity index (χ4v) is 4.81. The van der Waals surface area contributed by atoms with Crippen LogP contribution in [0.2, 0.25) is 0 Å². The highest BCUT2D eigenvalue weighted by atomic mass is 32.2. The Bertz CT molecular complexity index is 967. The Morgan fingerprint density at radius 3 is 2.23 bits per heavy atom. The summed E-state index contributed by atoms with van der Waals surface area (Å²) in [7, 11) is -3.66. The smallest absolute Gasteiger partial charge is 0.240 e. The molecule has 0 aromatic heterocycles. The predicted molar refractivity (Wildman–Crippen MR) is 115 cm³/mol. The van der Waals surface area contributed by atoms with Gasteiger partial charge in [-0.25, -0.2) is 13.1 Å². The Balaban J connectivity index is 1.48. The molecule has 1 saturated heterocycles. The molecule has 2 amide bonds. The van der Waals surface area contributed by atoms with Crippen LogP contribution in [0.4, 0.5) is 5.69 Å². The molecule has 30 heavy (non-hydrogen) atoms. The van der Waals surface area contributed by atoms with Gasteiger partial charge in [0.05, 0.1) is 4.90 Å². The highest BCUT2D eigenvalue weighted by molar-refractivity contribution is 7.89. The van der Waals surface area contributed by atoms with Crippen molar-refractivity contribution in [1.29, 1.82) is 0 Å². The van der Waals surface area contributed by atoms with Crippen LogP contribution in [0.3, 0.4) is 0 Å². The van der Waals surface area contributed by atoms with Gasteiger partial charge in [0.1, 0.15) is 0 Å². The number of sulfonamides is 1. The fraction of sp³-hybridized carbons (Fsp3) is 0.364. The van der Waals surface area contributed by atoms with E-state index < -0.39 is 10.0 Å². The second kappa shape index (κ2) is 9.86. The van der Waals surface area contributed by atoms with Crippen molar-refractivity contribution in [3.63, 3.8) is 0 Å². The molecule has 1 fully saturated rings. The van der Waals surface area contributed by atoms with E-state index in [1.165, 1.54) is 19.1 Å². The number of amides is 2. The molecule has 0 radical (unpaired) electrons. The van der Waals surface area contributed by atoms with E-state index in [4.69, 9.17) is 0 Å². The van der Waals surface area contributed by atoms with Gasteiger partial charge in [-0.1, -0.05) is 30.3 Å². The summed E-state index contributed by atoms with van der Waals surface area (Å²) in [6, 6.07) is 15.8. The largest absolute Gasteiger partial charge is 0.343 e. The van der Waals surface area contributed by atoms with Gasteiger partial charge >= 0.3 is 0 Å². The lowest BCUT2D eigenvalue weighted by Gasteiger charge is -2.32. The third-order valence-corrected chi connectivity index (χ3v) is 6.66. The number of likely N-dealkylation sites (tertiary alicyclic amines) is 1. The molecular weight excluding hydrogens is 402 g/mol. The number of nitrogens with zero attached hydrogens (tertiary/aromatic N) is 1. The highest BCUT2D eigenvalue weighted by Crippen LogP contribution is 2.18. The van der Waals surface area contributed by atoms with Crippen LogP contribution in [0.1, 0.15) is 31.7 Å². The first-order chi connectivity index (χ1) is 14.3. The SMILES string of the molecule is CC(=O)Nc1ccc(S(=O)(=O)NC2CCN(C(=O)CCc3ccccc3)CC2)cc1. The van der Waals surface area contributed by atoms with Crippen molar-refractivity contribution in [3.05, 3.63) is 60.2 Å². The molecule has 3 rings (SSSR count). The molecule has 0 atom stereocenters. The van der Waals surface area contributed by atoms with Crippen LogP contribution in [0, 0.1) is 0 Å². The Morgan fingerprint density at radius 1 is 1.00 bits per heavy atom. The number of benzene rings is 2. The van der Waals surface area contributed by atoms with Crippen molar-refractivity contribution in [3.8, 4) is 0 Å². The number of nitrogens with one attached hydrogen (secondary N) is 2. The first-order valence-corrected chi connectivity index (χ1v) is 11.5. The number of carbonyl (C=O) groups is 2. The summed E-state index contributed by atoms with van der Waals surface area (Å²) in [5.74, 6) is -0.109. The van der Waals surface area contributed by atoms with Gasteiger partial charge in [-0.2, -0.15) is 0 Å². The maximum Gasteiger partial charge on any atom is 0.240 e. The van der Waals surface area contributed by atoms with E-state index >= 15 is 0 Å². The molecule has 1 aliphatic rings. The van der Waals surface area contributed by atoms with Gasteiger partial charge < -0.3 is 10.2 Å². The molecule has 0 bridgehead atoms. The monoisotopic (exact) mass is 429 g/mol. The molecule has 8 heteroatoms. The van der Waals surface area contributed by atoms with E-state index in [0.29, 0.717) is 44.5 Å². The Labute approximate surface area is 177 Å². The minimum Gasteiger partial charge on any atom is -0.343 e. The van der Waals surface area contributed by atoms with Crippen molar-refractivity contribution in [1.82, 2.24) is 9.62 Å². The zero-order chi connectivity index (χ0) is 21.6. The number of piperidine rings is 1. The van der Waals surface area contributed by atoms with Crippen LogP contribution in [-0.4, -0.2) is 44.3 Å². The highest BCUT2D eigenvalue weighted by Gasteiger charge is 2.26. The van der Waals surface area contributed by atoms with Crippen molar-refractivity contribution >= 4 is 27.5 Å². The summed E-state index contributed by atoms with van der Waals surface area (Å²) < 4.78 is 28.0. The van der Waals surface area contributed by atoms with E-state index in [2.05, 4.69) is 10.0 Å². The third-order valence-electron chi connectivity index (χ3n) is 5.12. The molecule has 1 aliphatic heterocycles. The first-order valence-electron chi connectivity index (χ1n) is 10.1. The predicted octanol–water partition coefficient (Wildman–Crippen LogP) is 2.55. The van der Waals surface area contributed by atoms with E-state index in [1.54, 1.807) is 12.1 Å². The first kappa shape index (κ1) is 22.0. The van der Waals surface area contributed by atoms with Crippen molar-refractivity contribution < 1.29 is 18.0 Å². The van der Waals surface area contributed by atoms with Crippen molar-refractivity contribution in [2.45, 2.75) is 43.5 Å². The standard InChI is InChI=1S/C22H27N3O4S/c1-17(26)23-19-8-10-21(11-9-19)30(28,29)24-20-13-15-25(16-14-20)22(27)12-7-18-5-3-2-4-6-18/h2-6,8-11,20,24H,7,12-16H2,1H3,(H,23,26). The molecule has 1 heterocycles. The average Bonchev–Trinajstić information content (AvgIpc) is 2.73. The normalized spacial score (nSPS) is 15.0. The molecular formula is C22H27N3O4S. The van der Waals surface area contributed by atoms with E-state index in [9.17, 15) is 18.0 Å².